The lowest BCUT2D eigenvalue weighted by atomic mass is 9.84. The van der Waals surface area contributed by atoms with E-state index in [1.165, 1.54) is 19.3 Å². The lowest BCUT2D eigenvalue weighted by Crippen LogP contribution is -2.34. The smallest absolute Gasteiger partial charge is 0.309 e. The molecule has 1 aliphatic carbocycles. The van der Waals surface area contributed by atoms with Gasteiger partial charge in [0.05, 0.1) is 5.92 Å². The SMILES string of the molecule is CCC1CCCCC1OC(=O)C1CCOCC1. The van der Waals surface area contributed by atoms with E-state index in [2.05, 4.69) is 6.92 Å². The monoisotopic (exact) mass is 240 g/mol. The molecule has 1 aliphatic heterocycles. The standard InChI is InChI=1S/C14H24O3/c1-2-11-5-3-4-6-13(11)17-14(15)12-7-9-16-10-8-12/h11-13H,2-10H2,1H3. The summed E-state index contributed by atoms with van der Waals surface area (Å²) < 4.78 is 11.0. The van der Waals surface area contributed by atoms with Crippen molar-refractivity contribution in [3.05, 3.63) is 0 Å². The average Bonchev–Trinajstić information content (AvgIpc) is 2.40. The predicted molar refractivity (Wildman–Crippen MR) is 65.7 cm³/mol. The molecule has 0 spiro atoms. The highest BCUT2D eigenvalue weighted by Crippen LogP contribution is 2.30. The first-order valence-electron chi connectivity index (χ1n) is 7.09. The first kappa shape index (κ1) is 12.9. The summed E-state index contributed by atoms with van der Waals surface area (Å²) in [6, 6.07) is 0. The minimum atomic E-state index is 0.0265. The van der Waals surface area contributed by atoms with E-state index < -0.39 is 0 Å². The van der Waals surface area contributed by atoms with Crippen molar-refractivity contribution in [3.63, 3.8) is 0 Å². The van der Waals surface area contributed by atoms with Crippen LogP contribution in [-0.2, 0) is 14.3 Å². The van der Waals surface area contributed by atoms with Gasteiger partial charge in [0, 0.05) is 13.2 Å². The second-order valence-corrected chi connectivity index (χ2v) is 5.31. The zero-order chi connectivity index (χ0) is 12.1. The molecule has 0 N–H and O–H groups in total. The van der Waals surface area contributed by atoms with Crippen molar-refractivity contribution in [2.45, 2.75) is 58.0 Å². The Balaban J connectivity index is 1.83. The van der Waals surface area contributed by atoms with Gasteiger partial charge in [-0.25, -0.2) is 0 Å². The molecule has 0 aromatic heterocycles. The second kappa shape index (κ2) is 6.39. The Kier molecular flexibility index (Phi) is 4.84. The number of esters is 1. The van der Waals surface area contributed by atoms with Crippen LogP contribution in [-0.4, -0.2) is 25.3 Å². The molecule has 3 heteroatoms. The molecule has 2 atom stereocenters. The molecule has 2 aliphatic rings. The number of hydrogen-bond donors (Lipinski definition) is 0. The minimum absolute atomic E-state index is 0.0265. The summed E-state index contributed by atoms with van der Waals surface area (Å²) in [5.74, 6) is 0.703. The van der Waals surface area contributed by atoms with Crippen LogP contribution < -0.4 is 0 Å². The van der Waals surface area contributed by atoms with Crippen LogP contribution in [0.25, 0.3) is 0 Å². The Bertz CT molecular complexity index is 246. The highest BCUT2D eigenvalue weighted by atomic mass is 16.5. The van der Waals surface area contributed by atoms with Gasteiger partial charge in [0.25, 0.3) is 0 Å². The van der Waals surface area contributed by atoms with Gasteiger partial charge in [-0.3, -0.25) is 4.79 Å². The molecule has 2 fully saturated rings. The van der Waals surface area contributed by atoms with Gasteiger partial charge in [-0.15, -0.1) is 0 Å². The van der Waals surface area contributed by atoms with Crippen LogP contribution >= 0.6 is 0 Å². The topological polar surface area (TPSA) is 35.5 Å². The fourth-order valence-electron chi connectivity index (χ4n) is 2.97. The molecule has 0 bridgehead atoms. The third-order valence-corrected chi connectivity index (χ3v) is 4.19. The van der Waals surface area contributed by atoms with E-state index in [-0.39, 0.29) is 18.0 Å². The Hall–Kier alpha value is -0.570. The van der Waals surface area contributed by atoms with E-state index in [0.29, 0.717) is 19.1 Å². The Labute approximate surface area is 104 Å². The van der Waals surface area contributed by atoms with Gasteiger partial charge in [-0.05, 0) is 44.4 Å². The summed E-state index contributed by atoms with van der Waals surface area (Å²) >= 11 is 0. The quantitative estimate of drug-likeness (QED) is 0.711. The number of carbonyl (C=O) groups excluding carboxylic acids is 1. The van der Waals surface area contributed by atoms with E-state index in [1.54, 1.807) is 0 Å². The Morgan fingerprint density at radius 2 is 1.88 bits per heavy atom. The van der Waals surface area contributed by atoms with E-state index in [0.717, 1.165) is 25.7 Å². The van der Waals surface area contributed by atoms with Crippen LogP contribution in [0.4, 0.5) is 0 Å². The molecule has 2 unspecified atom stereocenters. The van der Waals surface area contributed by atoms with E-state index in [4.69, 9.17) is 9.47 Å². The lowest BCUT2D eigenvalue weighted by molar-refractivity contribution is -0.161. The third kappa shape index (κ3) is 3.44. The van der Waals surface area contributed by atoms with Crippen LogP contribution in [0.5, 0.6) is 0 Å². The van der Waals surface area contributed by atoms with Crippen molar-refractivity contribution < 1.29 is 14.3 Å². The van der Waals surface area contributed by atoms with Crippen molar-refractivity contribution in [2.24, 2.45) is 11.8 Å². The fourth-order valence-corrected chi connectivity index (χ4v) is 2.97. The van der Waals surface area contributed by atoms with Gasteiger partial charge >= 0.3 is 5.97 Å². The molecule has 0 radical (unpaired) electrons. The predicted octanol–water partition coefficient (Wildman–Crippen LogP) is 2.93. The van der Waals surface area contributed by atoms with Crippen LogP contribution in [0.1, 0.15) is 51.9 Å². The van der Waals surface area contributed by atoms with Gasteiger partial charge in [0.1, 0.15) is 6.10 Å². The molecule has 3 nitrogen and oxygen atoms in total. The molecule has 98 valence electrons. The highest BCUT2D eigenvalue weighted by molar-refractivity contribution is 5.72. The van der Waals surface area contributed by atoms with Crippen molar-refractivity contribution in [1.82, 2.24) is 0 Å². The zero-order valence-corrected chi connectivity index (χ0v) is 10.8. The zero-order valence-electron chi connectivity index (χ0n) is 10.8. The molecular weight excluding hydrogens is 216 g/mol. The maximum absolute atomic E-state index is 12.1. The molecule has 1 saturated heterocycles. The number of rotatable bonds is 3. The molecule has 17 heavy (non-hydrogen) atoms. The van der Waals surface area contributed by atoms with Crippen molar-refractivity contribution >= 4 is 5.97 Å². The Morgan fingerprint density at radius 1 is 1.18 bits per heavy atom. The van der Waals surface area contributed by atoms with E-state index >= 15 is 0 Å². The minimum Gasteiger partial charge on any atom is -0.462 e. The highest BCUT2D eigenvalue weighted by Gasteiger charge is 2.30. The van der Waals surface area contributed by atoms with Crippen LogP contribution in [0.2, 0.25) is 0 Å². The first-order valence-corrected chi connectivity index (χ1v) is 7.09. The van der Waals surface area contributed by atoms with Crippen LogP contribution in [0, 0.1) is 11.8 Å². The second-order valence-electron chi connectivity index (χ2n) is 5.31. The van der Waals surface area contributed by atoms with Crippen molar-refractivity contribution in [3.8, 4) is 0 Å². The number of carbonyl (C=O) groups is 1. The summed E-state index contributed by atoms with van der Waals surface area (Å²) in [4.78, 5) is 12.1. The Morgan fingerprint density at radius 3 is 2.59 bits per heavy atom. The van der Waals surface area contributed by atoms with Crippen molar-refractivity contribution in [1.29, 1.82) is 0 Å². The van der Waals surface area contributed by atoms with E-state index in [9.17, 15) is 4.79 Å². The van der Waals surface area contributed by atoms with Gasteiger partial charge in [0.2, 0.25) is 0 Å². The fraction of sp³-hybridized carbons (Fsp3) is 0.929. The lowest BCUT2D eigenvalue weighted by Gasteiger charge is -2.32. The van der Waals surface area contributed by atoms with Gasteiger partial charge < -0.3 is 9.47 Å². The maximum Gasteiger partial charge on any atom is 0.309 e. The molecule has 1 heterocycles. The normalized spacial score (nSPS) is 31.1. The summed E-state index contributed by atoms with van der Waals surface area (Å²) in [5, 5.41) is 0. The first-order chi connectivity index (χ1) is 8.31. The molecule has 1 saturated carbocycles. The number of ether oxygens (including phenoxy) is 2. The van der Waals surface area contributed by atoms with Gasteiger partial charge in [-0.2, -0.15) is 0 Å². The largest absolute Gasteiger partial charge is 0.462 e. The molecule has 0 aromatic rings. The summed E-state index contributed by atoms with van der Waals surface area (Å²) in [6.07, 6.45) is 7.78. The average molecular weight is 240 g/mol. The van der Waals surface area contributed by atoms with Crippen LogP contribution in [0.15, 0.2) is 0 Å². The van der Waals surface area contributed by atoms with E-state index in [1.807, 2.05) is 0 Å². The molecular formula is C14H24O3. The molecule has 2 rings (SSSR count). The summed E-state index contributed by atoms with van der Waals surface area (Å²) in [5.41, 5.74) is 0. The maximum atomic E-state index is 12.1. The summed E-state index contributed by atoms with van der Waals surface area (Å²) in [7, 11) is 0. The number of hydrogen-bond acceptors (Lipinski definition) is 3. The molecule has 0 amide bonds. The van der Waals surface area contributed by atoms with Gasteiger partial charge in [-0.1, -0.05) is 13.3 Å². The van der Waals surface area contributed by atoms with Crippen LogP contribution in [0.3, 0.4) is 0 Å². The molecule has 0 aromatic carbocycles. The van der Waals surface area contributed by atoms with Crippen molar-refractivity contribution in [2.75, 3.05) is 13.2 Å². The van der Waals surface area contributed by atoms with Gasteiger partial charge in [0.15, 0.2) is 0 Å². The summed E-state index contributed by atoms with van der Waals surface area (Å²) in [6.45, 7) is 3.62. The third-order valence-electron chi connectivity index (χ3n) is 4.19.